The molecule has 2 heterocycles. The van der Waals surface area contributed by atoms with E-state index in [2.05, 4.69) is 15.7 Å². The molecule has 94 valence electrons. The molecule has 1 aromatic heterocycles. The van der Waals surface area contributed by atoms with Gasteiger partial charge in [-0.25, -0.2) is 0 Å². The molecule has 2 atom stereocenters. The Morgan fingerprint density at radius 1 is 1.44 bits per heavy atom. The number of aromatic nitrogens is 2. The van der Waals surface area contributed by atoms with Crippen LogP contribution in [0, 0.1) is 0 Å². The van der Waals surface area contributed by atoms with Crippen LogP contribution in [0.1, 0.15) is 36.1 Å². The van der Waals surface area contributed by atoms with E-state index in [1.807, 2.05) is 18.2 Å². The van der Waals surface area contributed by atoms with Crippen LogP contribution in [0.2, 0.25) is 0 Å². The van der Waals surface area contributed by atoms with Gasteiger partial charge in [0.05, 0.1) is 12.7 Å². The van der Waals surface area contributed by atoms with Crippen LogP contribution in [0.5, 0.6) is 5.75 Å². The smallest absolute Gasteiger partial charge is 0.122 e. The molecule has 2 aromatic rings. The molecule has 0 fully saturated rings. The van der Waals surface area contributed by atoms with E-state index in [0.29, 0.717) is 24.6 Å². The molecule has 0 amide bonds. The van der Waals surface area contributed by atoms with Gasteiger partial charge in [-0.15, -0.1) is 5.10 Å². The Balaban J connectivity index is 1.78. The van der Waals surface area contributed by atoms with Gasteiger partial charge in [0.1, 0.15) is 11.4 Å². The fourth-order valence-corrected chi connectivity index (χ4v) is 2.87. The van der Waals surface area contributed by atoms with Gasteiger partial charge in [-0.1, -0.05) is 22.7 Å². The van der Waals surface area contributed by atoms with Crippen LogP contribution < -0.4 is 4.74 Å². The Kier molecular flexibility index (Phi) is 3.25. The van der Waals surface area contributed by atoms with E-state index in [0.717, 1.165) is 12.2 Å². The molecule has 18 heavy (non-hydrogen) atoms. The number of aliphatic hydroxyl groups excluding tert-OH is 1. The summed E-state index contributed by atoms with van der Waals surface area (Å²) in [6.45, 7) is 0.712. The van der Waals surface area contributed by atoms with Crippen LogP contribution in [-0.4, -0.2) is 21.3 Å². The third-order valence-electron chi connectivity index (χ3n) is 3.31. The van der Waals surface area contributed by atoms with Crippen molar-refractivity contribution in [3.05, 3.63) is 40.9 Å². The van der Waals surface area contributed by atoms with Gasteiger partial charge in [0.15, 0.2) is 0 Å². The average Bonchev–Trinajstić information content (AvgIpc) is 2.93. The minimum Gasteiger partial charge on any atom is -0.493 e. The molecule has 2 unspecified atom stereocenters. The molecule has 0 saturated carbocycles. The molecule has 3 rings (SSSR count). The topological polar surface area (TPSA) is 55.2 Å². The van der Waals surface area contributed by atoms with E-state index in [1.165, 1.54) is 17.1 Å². The van der Waals surface area contributed by atoms with E-state index in [-0.39, 0.29) is 0 Å². The normalized spacial score (nSPS) is 19.9. The zero-order valence-electron chi connectivity index (χ0n) is 9.82. The summed E-state index contributed by atoms with van der Waals surface area (Å²) in [5.74, 6) is 1.27. The highest BCUT2D eigenvalue weighted by Gasteiger charge is 2.24. The molecule has 1 aromatic carbocycles. The second-order valence-electron chi connectivity index (χ2n) is 4.45. The van der Waals surface area contributed by atoms with E-state index < -0.39 is 6.10 Å². The first-order chi connectivity index (χ1) is 8.84. The van der Waals surface area contributed by atoms with Crippen LogP contribution in [0.3, 0.4) is 0 Å². The van der Waals surface area contributed by atoms with Crippen LogP contribution in [-0.2, 0) is 0 Å². The predicted octanol–water partition coefficient (Wildman–Crippen LogP) is 2.53. The molecule has 4 nitrogen and oxygen atoms in total. The van der Waals surface area contributed by atoms with Gasteiger partial charge in [0.25, 0.3) is 0 Å². The molecule has 0 saturated heterocycles. The Morgan fingerprint density at radius 2 is 2.33 bits per heavy atom. The van der Waals surface area contributed by atoms with Crippen molar-refractivity contribution in [2.45, 2.75) is 24.9 Å². The predicted molar refractivity (Wildman–Crippen MR) is 68.8 cm³/mol. The van der Waals surface area contributed by atoms with Crippen LogP contribution in [0.15, 0.2) is 29.6 Å². The van der Waals surface area contributed by atoms with E-state index in [1.54, 1.807) is 5.38 Å². The SMILES string of the molecule is OC(CC1CCOc2ccccc21)c1csnn1. The summed E-state index contributed by atoms with van der Waals surface area (Å²) >= 11 is 1.27. The van der Waals surface area contributed by atoms with Crippen LogP contribution in [0.25, 0.3) is 0 Å². The summed E-state index contributed by atoms with van der Waals surface area (Å²) in [6.07, 6.45) is 1.07. The van der Waals surface area contributed by atoms with Crippen LogP contribution in [0.4, 0.5) is 0 Å². The van der Waals surface area contributed by atoms with Gasteiger partial charge in [-0.2, -0.15) is 0 Å². The number of hydrogen-bond donors (Lipinski definition) is 1. The van der Waals surface area contributed by atoms with Crippen molar-refractivity contribution in [3.63, 3.8) is 0 Å². The number of benzene rings is 1. The van der Waals surface area contributed by atoms with E-state index in [9.17, 15) is 5.11 Å². The van der Waals surface area contributed by atoms with Crippen molar-refractivity contribution in [2.75, 3.05) is 6.61 Å². The number of hydrogen-bond acceptors (Lipinski definition) is 5. The van der Waals surface area contributed by atoms with Gasteiger partial charge in [0.2, 0.25) is 0 Å². The highest BCUT2D eigenvalue weighted by molar-refractivity contribution is 7.03. The molecule has 0 spiro atoms. The highest BCUT2D eigenvalue weighted by atomic mass is 32.1. The minimum absolute atomic E-state index is 0.326. The maximum absolute atomic E-state index is 10.2. The van der Waals surface area contributed by atoms with E-state index >= 15 is 0 Å². The second kappa shape index (κ2) is 5.04. The number of fused-ring (bicyclic) bond motifs is 1. The summed E-state index contributed by atoms with van der Waals surface area (Å²) in [7, 11) is 0. The highest BCUT2D eigenvalue weighted by Crippen LogP contribution is 2.38. The zero-order valence-corrected chi connectivity index (χ0v) is 10.6. The van der Waals surface area contributed by atoms with Crippen molar-refractivity contribution in [1.82, 2.24) is 9.59 Å². The average molecular weight is 262 g/mol. The third-order valence-corrected chi connectivity index (χ3v) is 3.83. The molecule has 1 N–H and O–H groups in total. The van der Waals surface area contributed by atoms with Gasteiger partial charge in [0, 0.05) is 5.38 Å². The van der Waals surface area contributed by atoms with E-state index in [4.69, 9.17) is 4.74 Å². The van der Waals surface area contributed by atoms with Gasteiger partial charge in [-0.05, 0) is 41.9 Å². The molecular formula is C13H14N2O2S. The monoisotopic (exact) mass is 262 g/mol. The van der Waals surface area contributed by atoms with Crippen molar-refractivity contribution >= 4 is 11.5 Å². The number of aliphatic hydroxyl groups is 1. The van der Waals surface area contributed by atoms with Crippen LogP contribution >= 0.6 is 11.5 Å². The molecule has 1 aliphatic rings. The number of rotatable bonds is 3. The van der Waals surface area contributed by atoms with Crippen molar-refractivity contribution < 1.29 is 9.84 Å². The Morgan fingerprint density at radius 3 is 3.17 bits per heavy atom. The lowest BCUT2D eigenvalue weighted by molar-refractivity contribution is 0.141. The lowest BCUT2D eigenvalue weighted by atomic mass is 9.88. The van der Waals surface area contributed by atoms with Crippen molar-refractivity contribution in [2.24, 2.45) is 0 Å². The molecule has 0 radical (unpaired) electrons. The first-order valence-electron chi connectivity index (χ1n) is 6.01. The first-order valence-corrected chi connectivity index (χ1v) is 6.85. The summed E-state index contributed by atoms with van der Waals surface area (Å²) < 4.78 is 9.41. The maximum atomic E-state index is 10.2. The zero-order chi connectivity index (χ0) is 12.4. The Hall–Kier alpha value is -1.46. The molecule has 0 bridgehead atoms. The van der Waals surface area contributed by atoms with Crippen molar-refractivity contribution in [1.29, 1.82) is 0 Å². The Bertz CT molecular complexity index is 515. The minimum atomic E-state index is -0.542. The molecule has 5 heteroatoms. The van der Waals surface area contributed by atoms with Gasteiger partial charge < -0.3 is 9.84 Å². The lowest BCUT2D eigenvalue weighted by Crippen LogP contribution is -2.16. The number of para-hydroxylation sites is 1. The van der Waals surface area contributed by atoms with Gasteiger partial charge >= 0.3 is 0 Å². The number of nitrogens with zero attached hydrogens (tertiary/aromatic N) is 2. The quantitative estimate of drug-likeness (QED) is 0.923. The first kappa shape index (κ1) is 11.6. The second-order valence-corrected chi connectivity index (χ2v) is 5.06. The van der Waals surface area contributed by atoms with Crippen molar-refractivity contribution in [3.8, 4) is 5.75 Å². The number of ether oxygens (including phenoxy) is 1. The van der Waals surface area contributed by atoms with Gasteiger partial charge in [-0.3, -0.25) is 0 Å². The lowest BCUT2D eigenvalue weighted by Gasteiger charge is -2.27. The fraction of sp³-hybridized carbons (Fsp3) is 0.385. The summed E-state index contributed by atoms with van der Waals surface area (Å²) in [5.41, 5.74) is 1.86. The fourth-order valence-electron chi connectivity index (χ4n) is 2.37. The maximum Gasteiger partial charge on any atom is 0.122 e. The standard InChI is InChI=1S/C13H14N2O2S/c16-12(11-8-18-15-14-11)7-9-5-6-17-13-4-2-1-3-10(9)13/h1-4,8-9,12,16H,5-7H2. The molecule has 1 aliphatic heterocycles. The third kappa shape index (κ3) is 2.23. The summed E-state index contributed by atoms with van der Waals surface area (Å²) in [4.78, 5) is 0. The largest absolute Gasteiger partial charge is 0.493 e. The summed E-state index contributed by atoms with van der Waals surface area (Å²) in [5, 5.41) is 15.9. The summed E-state index contributed by atoms with van der Waals surface area (Å²) in [6, 6.07) is 8.04. The Labute approximate surface area is 109 Å². The molecule has 0 aliphatic carbocycles. The molecular weight excluding hydrogens is 248 g/mol.